The van der Waals surface area contributed by atoms with E-state index in [-0.39, 0.29) is 17.9 Å². The van der Waals surface area contributed by atoms with E-state index in [1.54, 1.807) is 12.1 Å². The van der Waals surface area contributed by atoms with Crippen molar-refractivity contribution < 1.29 is 23.1 Å². The first-order valence-electron chi connectivity index (χ1n) is 6.84. The number of nitrogens with one attached hydrogen (secondary N) is 1. The minimum absolute atomic E-state index is 0.0237. The molecule has 0 aliphatic carbocycles. The van der Waals surface area contributed by atoms with Gasteiger partial charge in [-0.25, -0.2) is 13.1 Å². The molecule has 0 fully saturated rings. The zero-order chi connectivity index (χ0) is 16.8. The van der Waals surface area contributed by atoms with Crippen LogP contribution < -0.4 is 4.72 Å². The van der Waals surface area contributed by atoms with Crippen LogP contribution in [0.5, 0.6) is 5.75 Å². The average molecular weight is 441 g/mol. The summed E-state index contributed by atoms with van der Waals surface area (Å²) >= 11 is 1.97. The number of sulfonamides is 1. The number of hydrogen-bond donors (Lipinski definition) is 2. The number of benzene rings is 1. The van der Waals surface area contributed by atoms with E-state index >= 15 is 0 Å². The van der Waals surface area contributed by atoms with E-state index in [0.717, 1.165) is 12.0 Å². The van der Waals surface area contributed by atoms with Crippen molar-refractivity contribution in [1.29, 1.82) is 0 Å². The molecule has 0 saturated carbocycles. The molecule has 2 N–H and O–H groups in total. The molecule has 0 aromatic heterocycles. The van der Waals surface area contributed by atoms with E-state index in [9.17, 15) is 18.3 Å². The summed E-state index contributed by atoms with van der Waals surface area (Å²) in [5.41, 5.74) is 0.732. The lowest BCUT2D eigenvalue weighted by atomic mass is 10.1. The molecule has 0 aliphatic rings. The number of carbonyl (C=O) groups excluding carboxylic acids is 1. The molecule has 0 heterocycles. The van der Waals surface area contributed by atoms with E-state index in [0.29, 0.717) is 9.99 Å². The van der Waals surface area contributed by atoms with Crippen molar-refractivity contribution in [2.45, 2.75) is 32.2 Å². The molecule has 22 heavy (non-hydrogen) atoms. The number of ether oxygens (including phenoxy) is 1. The molecule has 0 unspecified atom stereocenters. The van der Waals surface area contributed by atoms with Crippen molar-refractivity contribution in [2.24, 2.45) is 0 Å². The van der Waals surface area contributed by atoms with Crippen LogP contribution in [-0.2, 0) is 26.0 Å². The standard InChI is InChI=1S/C14H20INO5S/c1-3-4-7-22(19,20)16-12(14(18)21-2)9-10-5-6-13(17)11(15)8-10/h5-6,8,12,16-17H,3-4,7,9H2,1-2H3/t12-/m0/s1. The Hall–Kier alpha value is -0.870. The molecule has 0 bridgehead atoms. The lowest BCUT2D eigenvalue weighted by Gasteiger charge is -2.17. The molecular weight excluding hydrogens is 421 g/mol. The average Bonchev–Trinajstić information content (AvgIpc) is 2.47. The maximum absolute atomic E-state index is 12.0. The third kappa shape index (κ3) is 6.09. The molecular formula is C14H20INO5S. The largest absolute Gasteiger partial charge is 0.507 e. The lowest BCUT2D eigenvalue weighted by molar-refractivity contribution is -0.142. The second kappa shape index (κ2) is 8.68. The van der Waals surface area contributed by atoms with Crippen LogP contribution in [0.4, 0.5) is 0 Å². The molecule has 0 radical (unpaired) electrons. The van der Waals surface area contributed by atoms with Crippen molar-refractivity contribution in [3.05, 3.63) is 27.3 Å². The summed E-state index contributed by atoms with van der Waals surface area (Å²) in [4.78, 5) is 11.8. The topological polar surface area (TPSA) is 92.7 Å². The molecule has 0 aliphatic heterocycles. The van der Waals surface area contributed by atoms with Crippen LogP contribution in [-0.4, -0.2) is 38.4 Å². The number of hydrogen-bond acceptors (Lipinski definition) is 5. The van der Waals surface area contributed by atoms with Crippen molar-refractivity contribution in [2.75, 3.05) is 12.9 Å². The second-order valence-corrected chi connectivity index (χ2v) is 7.89. The fraction of sp³-hybridized carbons (Fsp3) is 0.500. The van der Waals surface area contributed by atoms with E-state index in [2.05, 4.69) is 9.46 Å². The van der Waals surface area contributed by atoms with E-state index < -0.39 is 22.0 Å². The Labute approximate surface area is 144 Å². The van der Waals surface area contributed by atoms with Gasteiger partial charge in [0, 0.05) is 0 Å². The molecule has 1 aromatic carbocycles. The van der Waals surface area contributed by atoms with Gasteiger partial charge in [-0.2, -0.15) is 0 Å². The normalized spacial score (nSPS) is 12.9. The first kappa shape index (κ1) is 19.2. The number of phenols is 1. The third-order valence-electron chi connectivity index (χ3n) is 3.03. The number of unbranched alkanes of at least 4 members (excludes halogenated alkanes) is 1. The number of esters is 1. The summed E-state index contributed by atoms with van der Waals surface area (Å²) in [5.74, 6) is -0.518. The Kier molecular flexibility index (Phi) is 7.57. The number of phenolic OH excluding ortho intramolecular Hbond substituents is 1. The molecule has 6 nitrogen and oxygen atoms in total. The summed E-state index contributed by atoms with van der Waals surface area (Å²) < 4.78 is 31.6. The maximum atomic E-state index is 12.0. The fourth-order valence-electron chi connectivity index (χ4n) is 1.84. The highest BCUT2D eigenvalue weighted by molar-refractivity contribution is 14.1. The molecule has 0 saturated heterocycles. The summed E-state index contributed by atoms with van der Waals surface area (Å²) in [5, 5.41) is 9.51. The van der Waals surface area contributed by atoms with Crippen LogP contribution in [0.15, 0.2) is 18.2 Å². The van der Waals surface area contributed by atoms with Gasteiger partial charge in [-0.1, -0.05) is 19.4 Å². The van der Waals surface area contributed by atoms with Crippen molar-refractivity contribution >= 4 is 38.6 Å². The second-order valence-electron chi connectivity index (χ2n) is 4.86. The predicted molar refractivity (Wildman–Crippen MR) is 92.2 cm³/mol. The quantitative estimate of drug-likeness (QED) is 0.474. The smallest absolute Gasteiger partial charge is 0.324 e. The Balaban J connectivity index is 2.89. The minimum Gasteiger partial charge on any atom is -0.507 e. The van der Waals surface area contributed by atoms with Crippen LogP contribution in [0.1, 0.15) is 25.3 Å². The molecule has 0 amide bonds. The van der Waals surface area contributed by atoms with E-state index in [1.807, 2.05) is 29.5 Å². The highest BCUT2D eigenvalue weighted by Gasteiger charge is 2.25. The fourth-order valence-corrected chi connectivity index (χ4v) is 3.82. The summed E-state index contributed by atoms with van der Waals surface area (Å²) in [6.07, 6.45) is 1.44. The van der Waals surface area contributed by atoms with Gasteiger partial charge in [0.2, 0.25) is 10.0 Å². The zero-order valence-corrected chi connectivity index (χ0v) is 15.5. The lowest BCUT2D eigenvalue weighted by Crippen LogP contribution is -2.43. The number of rotatable bonds is 8. The number of aromatic hydroxyl groups is 1. The highest BCUT2D eigenvalue weighted by atomic mass is 127. The van der Waals surface area contributed by atoms with Crippen molar-refractivity contribution in [3.63, 3.8) is 0 Å². The SMILES string of the molecule is CCCCS(=O)(=O)N[C@@H](Cc1ccc(O)c(I)c1)C(=O)OC. The molecule has 124 valence electrons. The van der Waals surface area contributed by atoms with Crippen LogP contribution in [0.3, 0.4) is 0 Å². The molecule has 1 aromatic rings. The molecule has 8 heteroatoms. The first-order chi connectivity index (χ1) is 10.3. The Morgan fingerprint density at radius 1 is 1.45 bits per heavy atom. The predicted octanol–water partition coefficient (Wildman–Crippen LogP) is 1.80. The summed E-state index contributed by atoms with van der Waals surface area (Å²) in [6.45, 7) is 1.89. The van der Waals surface area contributed by atoms with Gasteiger partial charge < -0.3 is 9.84 Å². The van der Waals surface area contributed by atoms with Crippen LogP contribution >= 0.6 is 22.6 Å². The Morgan fingerprint density at radius 3 is 2.68 bits per heavy atom. The molecule has 1 atom stereocenters. The van der Waals surface area contributed by atoms with Gasteiger partial charge in [0.25, 0.3) is 0 Å². The van der Waals surface area contributed by atoms with Gasteiger partial charge in [0.15, 0.2) is 0 Å². The van der Waals surface area contributed by atoms with E-state index in [4.69, 9.17) is 0 Å². The summed E-state index contributed by atoms with van der Waals surface area (Å²) in [7, 11) is -2.32. The van der Waals surface area contributed by atoms with Crippen molar-refractivity contribution in [1.82, 2.24) is 4.72 Å². The van der Waals surface area contributed by atoms with Crippen LogP contribution in [0.25, 0.3) is 0 Å². The van der Waals surface area contributed by atoms with Crippen LogP contribution in [0, 0.1) is 3.57 Å². The number of methoxy groups -OCH3 is 1. The Bertz CT molecular complexity index is 618. The van der Waals surface area contributed by atoms with Gasteiger partial charge in [-0.15, -0.1) is 0 Å². The first-order valence-corrected chi connectivity index (χ1v) is 9.57. The highest BCUT2D eigenvalue weighted by Crippen LogP contribution is 2.21. The van der Waals surface area contributed by atoms with Gasteiger partial charge in [-0.3, -0.25) is 4.79 Å². The zero-order valence-electron chi connectivity index (χ0n) is 12.5. The monoisotopic (exact) mass is 441 g/mol. The molecule has 1 rings (SSSR count). The maximum Gasteiger partial charge on any atom is 0.324 e. The van der Waals surface area contributed by atoms with Gasteiger partial charge in [0.05, 0.1) is 16.4 Å². The van der Waals surface area contributed by atoms with Gasteiger partial charge in [-0.05, 0) is 53.1 Å². The van der Waals surface area contributed by atoms with E-state index in [1.165, 1.54) is 13.2 Å². The van der Waals surface area contributed by atoms with Crippen LogP contribution in [0.2, 0.25) is 0 Å². The van der Waals surface area contributed by atoms with Gasteiger partial charge in [0.1, 0.15) is 11.8 Å². The van der Waals surface area contributed by atoms with Gasteiger partial charge >= 0.3 is 5.97 Å². The molecule has 0 spiro atoms. The third-order valence-corrected chi connectivity index (χ3v) is 5.36. The number of halogens is 1. The Morgan fingerprint density at radius 2 is 2.14 bits per heavy atom. The minimum atomic E-state index is -3.54. The summed E-state index contributed by atoms with van der Waals surface area (Å²) in [6, 6.07) is 3.88. The number of carbonyl (C=O) groups is 1. The van der Waals surface area contributed by atoms with Crippen molar-refractivity contribution in [3.8, 4) is 5.75 Å².